The Bertz CT molecular complexity index is 597. The van der Waals surface area contributed by atoms with E-state index in [2.05, 4.69) is 0 Å². The van der Waals surface area contributed by atoms with E-state index in [4.69, 9.17) is 4.74 Å². The fourth-order valence-electron chi connectivity index (χ4n) is 3.12. The van der Waals surface area contributed by atoms with E-state index in [1.165, 1.54) is 0 Å². The molecule has 2 unspecified atom stereocenters. The van der Waals surface area contributed by atoms with Gasteiger partial charge in [0.05, 0.1) is 11.5 Å². The summed E-state index contributed by atoms with van der Waals surface area (Å²) in [6.07, 6.45) is 0.531. The first-order valence-corrected chi connectivity index (χ1v) is 8.07. The number of nitrogens with zero attached hydrogens (tertiary/aromatic N) is 1. The third-order valence-corrected chi connectivity index (χ3v) is 5.27. The number of ether oxygens (including phenoxy) is 1. The molecule has 104 valence electrons. The lowest BCUT2D eigenvalue weighted by Crippen LogP contribution is -2.50. The Morgan fingerprint density at radius 2 is 2.05 bits per heavy atom. The zero-order valence-electron chi connectivity index (χ0n) is 11.0. The van der Waals surface area contributed by atoms with Crippen molar-refractivity contribution >= 4 is 23.5 Å². The maximum Gasteiger partial charge on any atom is 0.267 e. The molecule has 1 saturated carbocycles. The van der Waals surface area contributed by atoms with Crippen LogP contribution in [0, 0.1) is 5.92 Å². The summed E-state index contributed by atoms with van der Waals surface area (Å²) in [5.74, 6) is 2.29. The Kier molecular flexibility index (Phi) is 2.61. The number of hydrogen-bond donors (Lipinski definition) is 0. The van der Waals surface area contributed by atoms with Gasteiger partial charge in [-0.05, 0) is 12.1 Å². The highest BCUT2D eigenvalue weighted by atomic mass is 32.2. The molecule has 1 aliphatic carbocycles. The normalized spacial score (nSPS) is 31.1. The molecule has 4 rings (SSSR count). The standard InChI is InChI=1S/C15H15NO3S/c17-13-10-3-1-2-4-12(10)19-15(9-11(13)15)14(18)16-5-7-20-8-6-16/h1-4,11H,5-9H2. The molecule has 2 atom stereocenters. The van der Waals surface area contributed by atoms with Crippen molar-refractivity contribution in [1.82, 2.24) is 4.90 Å². The topological polar surface area (TPSA) is 46.6 Å². The second-order valence-corrected chi connectivity index (χ2v) is 6.74. The van der Waals surface area contributed by atoms with Crippen LogP contribution >= 0.6 is 11.8 Å². The highest BCUT2D eigenvalue weighted by Gasteiger charge is 2.69. The van der Waals surface area contributed by atoms with E-state index in [9.17, 15) is 9.59 Å². The van der Waals surface area contributed by atoms with Crippen LogP contribution in [-0.2, 0) is 4.79 Å². The summed E-state index contributed by atoms with van der Waals surface area (Å²) in [6, 6.07) is 7.23. The Morgan fingerprint density at radius 1 is 1.30 bits per heavy atom. The lowest BCUT2D eigenvalue weighted by molar-refractivity contribution is -0.141. The number of ketones is 1. The van der Waals surface area contributed by atoms with Gasteiger partial charge in [-0.25, -0.2) is 0 Å². The number of para-hydroxylation sites is 1. The third-order valence-electron chi connectivity index (χ3n) is 4.33. The number of thioether (sulfide) groups is 1. The lowest BCUT2D eigenvalue weighted by atomic mass is 10.00. The minimum atomic E-state index is -0.895. The first-order chi connectivity index (χ1) is 9.72. The molecule has 1 aromatic rings. The van der Waals surface area contributed by atoms with Gasteiger partial charge in [-0.3, -0.25) is 9.59 Å². The zero-order chi connectivity index (χ0) is 13.7. The van der Waals surface area contributed by atoms with Crippen LogP contribution in [0.25, 0.3) is 0 Å². The minimum Gasteiger partial charge on any atom is -0.476 e. The van der Waals surface area contributed by atoms with Gasteiger partial charge in [-0.15, -0.1) is 0 Å². The Morgan fingerprint density at radius 3 is 2.85 bits per heavy atom. The van der Waals surface area contributed by atoms with Gasteiger partial charge in [0.1, 0.15) is 5.75 Å². The molecule has 20 heavy (non-hydrogen) atoms. The van der Waals surface area contributed by atoms with E-state index < -0.39 is 5.60 Å². The second kappa shape index (κ2) is 4.25. The number of carbonyl (C=O) groups is 2. The number of benzene rings is 1. The van der Waals surface area contributed by atoms with Crippen LogP contribution in [0.5, 0.6) is 5.75 Å². The van der Waals surface area contributed by atoms with Gasteiger partial charge in [-0.1, -0.05) is 12.1 Å². The summed E-state index contributed by atoms with van der Waals surface area (Å²) in [6.45, 7) is 1.52. The van der Waals surface area contributed by atoms with Gasteiger partial charge in [-0.2, -0.15) is 11.8 Å². The molecule has 0 spiro atoms. The molecule has 2 fully saturated rings. The molecule has 1 aromatic carbocycles. The van der Waals surface area contributed by atoms with Crippen molar-refractivity contribution in [1.29, 1.82) is 0 Å². The minimum absolute atomic E-state index is 0.00523. The number of hydrogen-bond acceptors (Lipinski definition) is 4. The fraction of sp³-hybridized carbons (Fsp3) is 0.467. The third kappa shape index (κ3) is 1.62. The Labute approximate surface area is 121 Å². The number of Topliss-reactive ketones (excluding diaryl/α,β-unsaturated/α-hetero) is 1. The van der Waals surface area contributed by atoms with E-state index in [1.807, 2.05) is 28.8 Å². The molecular formula is C15H15NO3S. The molecule has 1 amide bonds. The van der Waals surface area contributed by atoms with E-state index in [-0.39, 0.29) is 17.6 Å². The summed E-state index contributed by atoms with van der Waals surface area (Å²) in [5, 5.41) is 0. The van der Waals surface area contributed by atoms with Gasteiger partial charge in [0, 0.05) is 31.0 Å². The van der Waals surface area contributed by atoms with Crippen molar-refractivity contribution in [3.05, 3.63) is 29.8 Å². The first-order valence-electron chi connectivity index (χ1n) is 6.92. The summed E-state index contributed by atoms with van der Waals surface area (Å²) in [7, 11) is 0. The van der Waals surface area contributed by atoms with Crippen LogP contribution in [0.3, 0.4) is 0 Å². The molecule has 5 heteroatoms. The van der Waals surface area contributed by atoms with Gasteiger partial charge >= 0.3 is 0 Å². The predicted molar refractivity (Wildman–Crippen MR) is 76.1 cm³/mol. The summed E-state index contributed by atoms with van der Waals surface area (Å²) >= 11 is 1.86. The van der Waals surface area contributed by atoms with Crippen LogP contribution in [-0.4, -0.2) is 46.8 Å². The van der Waals surface area contributed by atoms with Crippen molar-refractivity contribution < 1.29 is 14.3 Å². The quantitative estimate of drug-likeness (QED) is 0.788. The molecule has 4 nitrogen and oxygen atoms in total. The summed E-state index contributed by atoms with van der Waals surface area (Å²) < 4.78 is 5.96. The Hall–Kier alpha value is -1.49. The number of amides is 1. The number of fused-ring (bicyclic) bond motifs is 2. The highest BCUT2D eigenvalue weighted by molar-refractivity contribution is 7.99. The zero-order valence-corrected chi connectivity index (χ0v) is 11.8. The van der Waals surface area contributed by atoms with Crippen molar-refractivity contribution in [3.8, 4) is 5.75 Å². The Balaban J connectivity index is 1.64. The number of rotatable bonds is 1. The maximum atomic E-state index is 12.7. The van der Waals surface area contributed by atoms with E-state index >= 15 is 0 Å². The van der Waals surface area contributed by atoms with Crippen LogP contribution < -0.4 is 4.74 Å². The largest absolute Gasteiger partial charge is 0.476 e. The molecule has 0 N–H and O–H groups in total. The lowest BCUT2D eigenvalue weighted by Gasteiger charge is -2.32. The average Bonchev–Trinajstić information content (AvgIpc) is 3.24. The van der Waals surface area contributed by atoms with Crippen molar-refractivity contribution in [2.45, 2.75) is 12.0 Å². The molecule has 0 radical (unpaired) electrons. The van der Waals surface area contributed by atoms with Gasteiger partial charge in [0.25, 0.3) is 5.91 Å². The summed E-state index contributed by atoms with van der Waals surface area (Å²) in [4.78, 5) is 27.0. The van der Waals surface area contributed by atoms with E-state index in [0.717, 1.165) is 24.6 Å². The number of carbonyl (C=O) groups excluding carboxylic acids is 2. The average molecular weight is 289 g/mol. The van der Waals surface area contributed by atoms with Crippen LogP contribution in [0.2, 0.25) is 0 Å². The van der Waals surface area contributed by atoms with Crippen molar-refractivity contribution in [2.75, 3.05) is 24.6 Å². The van der Waals surface area contributed by atoms with Gasteiger partial charge in [0.15, 0.2) is 11.4 Å². The smallest absolute Gasteiger partial charge is 0.267 e. The van der Waals surface area contributed by atoms with E-state index in [1.54, 1.807) is 12.1 Å². The monoisotopic (exact) mass is 289 g/mol. The second-order valence-electron chi connectivity index (χ2n) is 5.51. The molecule has 2 aliphatic heterocycles. The van der Waals surface area contributed by atoms with E-state index in [0.29, 0.717) is 17.7 Å². The molecule has 2 heterocycles. The maximum absolute atomic E-state index is 12.7. The SMILES string of the molecule is O=C1c2ccccc2OC2(C(=O)N3CCSCC3)CC12. The van der Waals surface area contributed by atoms with Crippen LogP contribution in [0.1, 0.15) is 16.8 Å². The van der Waals surface area contributed by atoms with Crippen LogP contribution in [0.4, 0.5) is 0 Å². The molecule has 1 saturated heterocycles. The fourth-order valence-corrected chi connectivity index (χ4v) is 4.02. The van der Waals surface area contributed by atoms with Crippen LogP contribution in [0.15, 0.2) is 24.3 Å². The van der Waals surface area contributed by atoms with Crippen molar-refractivity contribution in [3.63, 3.8) is 0 Å². The van der Waals surface area contributed by atoms with Crippen molar-refractivity contribution in [2.24, 2.45) is 5.92 Å². The predicted octanol–water partition coefficient (Wildman–Crippen LogP) is 1.60. The molecule has 0 bridgehead atoms. The summed E-state index contributed by atoms with van der Waals surface area (Å²) in [5.41, 5.74) is -0.277. The molecule has 3 aliphatic rings. The highest BCUT2D eigenvalue weighted by Crippen LogP contribution is 2.54. The first kappa shape index (κ1) is 12.3. The van der Waals surface area contributed by atoms with Gasteiger partial charge < -0.3 is 9.64 Å². The molecular weight excluding hydrogens is 274 g/mol. The molecule has 0 aromatic heterocycles. The van der Waals surface area contributed by atoms with Gasteiger partial charge in [0.2, 0.25) is 0 Å².